The minimum atomic E-state index is 0.161. The summed E-state index contributed by atoms with van der Waals surface area (Å²) in [5.74, 6) is 0. The van der Waals surface area contributed by atoms with Crippen molar-refractivity contribution in [2.75, 3.05) is 6.79 Å². The van der Waals surface area contributed by atoms with Crippen molar-refractivity contribution >= 4 is 0 Å². The third-order valence-electron chi connectivity index (χ3n) is 3.19. The van der Waals surface area contributed by atoms with Crippen LogP contribution >= 0.6 is 0 Å². The molecule has 20 heavy (non-hydrogen) atoms. The van der Waals surface area contributed by atoms with E-state index >= 15 is 0 Å². The highest BCUT2D eigenvalue weighted by atomic mass is 16.7. The molecule has 0 aliphatic rings. The molecule has 1 atom stereocenters. The Morgan fingerprint density at radius 3 is 2.30 bits per heavy atom. The van der Waals surface area contributed by atoms with E-state index in [9.17, 15) is 0 Å². The molecule has 0 aromatic heterocycles. The smallest absolute Gasteiger partial charge is 0.147 e. The summed E-state index contributed by atoms with van der Waals surface area (Å²) in [5.41, 5.74) is 3.75. The minimum Gasteiger partial charge on any atom is -0.352 e. The number of aryl methyl sites for hydroxylation is 1. The van der Waals surface area contributed by atoms with Gasteiger partial charge in [-0.25, -0.2) is 0 Å². The highest BCUT2D eigenvalue weighted by Gasteiger charge is 2.04. The molecule has 2 nitrogen and oxygen atoms in total. The number of rotatable bonds is 7. The Labute approximate surface area is 121 Å². The molecule has 0 spiro atoms. The fraction of sp³-hybridized carbons (Fsp3) is 0.333. The number of hydrogen-bond acceptors (Lipinski definition) is 2. The first-order chi connectivity index (χ1) is 9.74. The lowest BCUT2D eigenvalue weighted by atomic mass is 10.1. The van der Waals surface area contributed by atoms with Gasteiger partial charge in [-0.15, -0.1) is 0 Å². The van der Waals surface area contributed by atoms with Crippen LogP contribution in [0.25, 0.3) is 0 Å². The van der Waals surface area contributed by atoms with Crippen molar-refractivity contribution in [2.24, 2.45) is 0 Å². The van der Waals surface area contributed by atoms with Crippen LogP contribution < -0.4 is 0 Å². The van der Waals surface area contributed by atoms with Crippen molar-refractivity contribution in [3.63, 3.8) is 0 Å². The maximum atomic E-state index is 5.68. The number of benzene rings is 2. The van der Waals surface area contributed by atoms with E-state index < -0.39 is 0 Å². The largest absolute Gasteiger partial charge is 0.352 e. The zero-order valence-electron chi connectivity index (χ0n) is 12.2. The van der Waals surface area contributed by atoms with E-state index in [1.165, 1.54) is 16.7 Å². The molecular weight excluding hydrogens is 248 g/mol. The third-order valence-corrected chi connectivity index (χ3v) is 3.19. The summed E-state index contributed by atoms with van der Waals surface area (Å²) in [5, 5.41) is 0. The molecule has 106 valence electrons. The monoisotopic (exact) mass is 270 g/mol. The van der Waals surface area contributed by atoms with E-state index in [4.69, 9.17) is 9.47 Å². The van der Waals surface area contributed by atoms with Crippen LogP contribution in [0.3, 0.4) is 0 Å². The summed E-state index contributed by atoms with van der Waals surface area (Å²) in [7, 11) is 0. The summed E-state index contributed by atoms with van der Waals surface area (Å²) >= 11 is 0. The van der Waals surface area contributed by atoms with E-state index in [1.807, 2.05) is 18.2 Å². The van der Waals surface area contributed by atoms with Gasteiger partial charge in [0, 0.05) is 0 Å². The zero-order chi connectivity index (χ0) is 14.2. The summed E-state index contributed by atoms with van der Waals surface area (Å²) < 4.78 is 11.2. The van der Waals surface area contributed by atoms with Gasteiger partial charge < -0.3 is 9.47 Å². The van der Waals surface area contributed by atoms with Crippen molar-refractivity contribution in [3.8, 4) is 0 Å². The van der Waals surface area contributed by atoms with Crippen molar-refractivity contribution in [3.05, 3.63) is 71.3 Å². The van der Waals surface area contributed by atoms with E-state index in [0.29, 0.717) is 13.4 Å². The van der Waals surface area contributed by atoms with Crippen LogP contribution in [-0.4, -0.2) is 12.9 Å². The Balaban J connectivity index is 1.65. The van der Waals surface area contributed by atoms with E-state index in [1.54, 1.807) is 0 Å². The molecule has 0 unspecified atom stereocenters. The van der Waals surface area contributed by atoms with Gasteiger partial charge >= 0.3 is 0 Å². The number of ether oxygens (including phenoxy) is 2. The lowest BCUT2D eigenvalue weighted by Gasteiger charge is -2.13. The molecule has 2 heteroatoms. The van der Waals surface area contributed by atoms with Gasteiger partial charge in [-0.2, -0.15) is 0 Å². The molecule has 0 N–H and O–H groups in total. The maximum absolute atomic E-state index is 5.68. The molecule has 0 radical (unpaired) electrons. The topological polar surface area (TPSA) is 18.5 Å². The average molecular weight is 270 g/mol. The van der Waals surface area contributed by atoms with E-state index in [2.05, 4.69) is 50.2 Å². The fourth-order valence-electron chi connectivity index (χ4n) is 2.01. The second-order valence-corrected chi connectivity index (χ2v) is 5.12. The molecular formula is C18H22O2. The van der Waals surface area contributed by atoms with Gasteiger partial charge in [0.05, 0.1) is 12.7 Å². The quantitative estimate of drug-likeness (QED) is 0.556. The molecule has 2 rings (SSSR count). The minimum absolute atomic E-state index is 0.161. The molecule has 2 aromatic carbocycles. The van der Waals surface area contributed by atoms with Crippen LogP contribution in [0.2, 0.25) is 0 Å². The van der Waals surface area contributed by atoms with Crippen molar-refractivity contribution in [1.82, 2.24) is 0 Å². The van der Waals surface area contributed by atoms with Crippen molar-refractivity contribution in [2.45, 2.75) is 33.0 Å². The summed E-state index contributed by atoms with van der Waals surface area (Å²) in [4.78, 5) is 0. The lowest BCUT2D eigenvalue weighted by molar-refractivity contribution is -0.0900. The van der Waals surface area contributed by atoms with Gasteiger partial charge in [-0.05, 0) is 31.4 Å². The van der Waals surface area contributed by atoms with Crippen LogP contribution in [0, 0.1) is 6.92 Å². The second kappa shape index (κ2) is 7.83. The first kappa shape index (κ1) is 14.8. The van der Waals surface area contributed by atoms with Gasteiger partial charge in [0.2, 0.25) is 0 Å². The Bertz CT molecular complexity index is 491. The number of hydrogen-bond donors (Lipinski definition) is 0. The lowest BCUT2D eigenvalue weighted by Crippen LogP contribution is -2.14. The molecule has 2 aromatic rings. The summed E-state index contributed by atoms with van der Waals surface area (Å²) in [6, 6.07) is 18.7. The first-order valence-electron chi connectivity index (χ1n) is 7.03. The van der Waals surface area contributed by atoms with Crippen LogP contribution in [0.5, 0.6) is 0 Å². The fourth-order valence-corrected chi connectivity index (χ4v) is 2.01. The highest BCUT2D eigenvalue weighted by molar-refractivity contribution is 5.21. The maximum Gasteiger partial charge on any atom is 0.147 e. The van der Waals surface area contributed by atoms with Crippen LogP contribution in [0.1, 0.15) is 23.6 Å². The molecule has 0 saturated heterocycles. The normalized spacial score (nSPS) is 12.3. The SMILES string of the molecule is Cc1ccc(C[C@H](C)OCOCc2ccccc2)cc1. The standard InChI is InChI=1S/C18H22O2/c1-15-8-10-17(11-9-15)12-16(2)20-14-19-13-18-6-4-3-5-7-18/h3-11,16H,12-14H2,1-2H3/t16-/m0/s1. The van der Waals surface area contributed by atoms with Crippen LogP contribution in [0.15, 0.2) is 54.6 Å². The molecule has 0 amide bonds. The van der Waals surface area contributed by atoms with Crippen molar-refractivity contribution < 1.29 is 9.47 Å². The highest BCUT2D eigenvalue weighted by Crippen LogP contribution is 2.08. The molecule has 0 aliphatic heterocycles. The second-order valence-electron chi connectivity index (χ2n) is 5.12. The van der Waals surface area contributed by atoms with Gasteiger partial charge in [-0.1, -0.05) is 60.2 Å². The Hall–Kier alpha value is -1.64. The molecule has 0 aliphatic carbocycles. The van der Waals surface area contributed by atoms with Crippen LogP contribution in [-0.2, 0) is 22.5 Å². The summed E-state index contributed by atoms with van der Waals surface area (Å²) in [6.07, 6.45) is 1.07. The molecule has 0 saturated carbocycles. The van der Waals surface area contributed by atoms with E-state index in [0.717, 1.165) is 6.42 Å². The van der Waals surface area contributed by atoms with Crippen LogP contribution in [0.4, 0.5) is 0 Å². The van der Waals surface area contributed by atoms with E-state index in [-0.39, 0.29) is 6.10 Å². The zero-order valence-corrected chi connectivity index (χ0v) is 12.2. The predicted octanol–water partition coefficient (Wildman–Crippen LogP) is 4.12. The Kier molecular flexibility index (Phi) is 5.78. The Morgan fingerprint density at radius 1 is 0.900 bits per heavy atom. The Morgan fingerprint density at radius 2 is 1.60 bits per heavy atom. The van der Waals surface area contributed by atoms with Gasteiger partial charge in [0.25, 0.3) is 0 Å². The average Bonchev–Trinajstić information content (AvgIpc) is 2.47. The van der Waals surface area contributed by atoms with Gasteiger partial charge in [-0.3, -0.25) is 0 Å². The third kappa shape index (κ3) is 5.16. The molecule has 0 heterocycles. The predicted molar refractivity (Wildman–Crippen MR) is 81.5 cm³/mol. The van der Waals surface area contributed by atoms with Gasteiger partial charge in [0.1, 0.15) is 6.79 Å². The molecule has 0 fully saturated rings. The van der Waals surface area contributed by atoms with Crippen molar-refractivity contribution in [1.29, 1.82) is 0 Å². The first-order valence-corrected chi connectivity index (χ1v) is 7.03. The summed E-state index contributed by atoms with van der Waals surface area (Å²) in [6.45, 7) is 5.10. The molecule has 0 bridgehead atoms. The van der Waals surface area contributed by atoms with Gasteiger partial charge in [0.15, 0.2) is 0 Å².